The van der Waals surface area contributed by atoms with Gasteiger partial charge in [-0.2, -0.15) is 0 Å². The summed E-state index contributed by atoms with van der Waals surface area (Å²) in [6, 6.07) is 0. The molecule has 2 atom stereocenters. The van der Waals surface area contributed by atoms with E-state index in [1.807, 2.05) is 0 Å². The summed E-state index contributed by atoms with van der Waals surface area (Å²) in [5.41, 5.74) is 5.35. The summed E-state index contributed by atoms with van der Waals surface area (Å²) in [5, 5.41) is 0. The normalized spacial score (nSPS) is 14.1. The van der Waals surface area contributed by atoms with E-state index in [9.17, 15) is 19.0 Å². The first-order valence-corrected chi connectivity index (χ1v) is 23.6. The molecule has 0 saturated carbocycles. The van der Waals surface area contributed by atoms with Crippen LogP contribution in [0.4, 0.5) is 0 Å². The van der Waals surface area contributed by atoms with Crippen molar-refractivity contribution < 1.29 is 37.6 Å². The van der Waals surface area contributed by atoms with Crippen LogP contribution in [0.5, 0.6) is 0 Å². The number of carbonyl (C=O) groups is 2. The summed E-state index contributed by atoms with van der Waals surface area (Å²) in [6.07, 6.45) is 53.2. The fraction of sp³-hybridized carbons (Fsp3) is 0.660. The van der Waals surface area contributed by atoms with Crippen molar-refractivity contribution in [1.29, 1.82) is 0 Å². The highest BCUT2D eigenvalue weighted by Crippen LogP contribution is 2.43. The van der Waals surface area contributed by atoms with Crippen molar-refractivity contribution in [3.05, 3.63) is 85.1 Å². The molecule has 10 heteroatoms. The number of hydrogen-bond acceptors (Lipinski definition) is 8. The zero-order chi connectivity index (χ0) is 41.8. The Labute approximate surface area is 347 Å². The van der Waals surface area contributed by atoms with Gasteiger partial charge in [0.15, 0.2) is 6.10 Å². The molecular formula is C47H80NO8P. The molecular weight excluding hydrogens is 737 g/mol. The van der Waals surface area contributed by atoms with Crippen LogP contribution in [0.2, 0.25) is 0 Å². The lowest BCUT2D eigenvalue weighted by Crippen LogP contribution is -2.29. The number of rotatable bonds is 40. The minimum absolute atomic E-state index is 0.0426. The van der Waals surface area contributed by atoms with E-state index in [-0.39, 0.29) is 32.6 Å². The molecule has 0 rings (SSSR count). The quantitative estimate of drug-likeness (QED) is 0.0268. The molecule has 0 aliphatic heterocycles. The lowest BCUT2D eigenvalue weighted by atomic mass is 10.1. The molecule has 0 fully saturated rings. The number of nitrogens with two attached hydrogens (primary N) is 1. The fourth-order valence-corrected chi connectivity index (χ4v) is 6.28. The van der Waals surface area contributed by atoms with Gasteiger partial charge < -0.3 is 20.1 Å². The molecule has 0 spiro atoms. The Morgan fingerprint density at radius 1 is 0.544 bits per heavy atom. The van der Waals surface area contributed by atoms with Crippen molar-refractivity contribution >= 4 is 19.8 Å². The van der Waals surface area contributed by atoms with E-state index in [1.54, 1.807) is 0 Å². The molecule has 0 heterocycles. The van der Waals surface area contributed by atoms with E-state index in [4.69, 9.17) is 24.3 Å². The third-order valence-electron chi connectivity index (χ3n) is 8.77. The van der Waals surface area contributed by atoms with E-state index < -0.39 is 32.5 Å². The van der Waals surface area contributed by atoms with Crippen LogP contribution < -0.4 is 5.73 Å². The summed E-state index contributed by atoms with van der Waals surface area (Å²) in [4.78, 5) is 34.9. The number of phosphoric ester groups is 1. The third-order valence-corrected chi connectivity index (χ3v) is 9.75. The minimum atomic E-state index is -4.39. The predicted molar refractivity (Wildman–Crippen MR) is 238 cm³/mol. The molecule has 0 aromatic carbocycles. The number of phosphoric acid groups is 1. The van der Waals surface area contributed by atoms with Gasteiger partial charge in [-0.25, -0.2) is 4.57 Å². The Morgan fingerprint density at radius 2 is 0.965 bits per heavy atom. The molecule has 0 saturated heterocycles. The molecule has 0 amide bonds. The summed E-state index contributed by atoms with van der Waals surface area (Å²) >= 11 is 0. The maximum atomic E-state index is 12.6. The Hall–Kier alpha value is -2.81. The van der Waals surface area contributed by atoms with Crippen LogP contribution in [0.25, 0.3) is 0 Å². The number of esters is 2. The molecule has 57 heavy (non-hydrogen) atoms. The van der Waals surface area contributed by atoms with Crippen LogP contribution in [-0.4, -0.2) is 49.3 Å². The van der Waals surface area contributed by atoms with E-state index in [2.05, 4.69) is 98.9 Å². The maximum absolute atomic E-state index is 12.6. The van der Waals surface area contributed by atoms with Crippen molar-refractivity contribution in [3.63, 3.8) is 0 Å². The predicted octanol–water partition coefficient (Wildman–Crippen LogP) is 12.8. The van der Waals surface area contributed by atoms with Gasteiger partial charge in [0.2, 0.25) is 0 Å². The highest BCUT2D eigenvalue weighted by atomic mass is 31.2. The fourth-order valence-electron chi connectivity index (χ4n) is 5.51. The van der Waals surface area contributed by atoms with Crippen molar-refractivity contribution in [3.8, 4) is 0 Å². The SMILES string of the molecule is CC/C=C\C/C=C\C/C=C\C/C=C\C/C=C\CCCCCC(=O)OC[C@H](COP(=O)(O)OCCN)OC(=O)CCCCCCCCC/C=C\C/C=C\CCCCC. The molecule has 0 bridgehead atoms. The van der Waals surface area contributed by atoms with Gasteiger partial charge >= 0.3 is 19.8 Å². The second-order valence-corrected chi connectivity index (χ2v) is 15.6. The molecule has 9 nitrogen and oxygen atoms in total. The number of hydrogen-bond donors (Lipinski definition) is 2. The minimum Gasteiger partial charge on any atom is -0.462 e. The first-order chi connectivity index (χ1) is 27.8. The smallest absolute Gasteiger partial charge is 0.462 e. The number of unbranched alkanes of at least 4 members (excludes halogenated alkanes) is 13. The zero-order valence-corrected chi connectivity index (χ0v) is 36.7. The van der Waals surface area contributed by atoms with E-state index >= 15 is 0 Å². The van der Waals surface area contributed by atoms with E-state index in [0.29, 0.717) is 12.8 Å². The number of carbonyl (C=O) groups excluding carboxylic acids is 2. The maximum Gasteiger partial charge on any atom is 0.472 e. The van der Waals surface area contributed by atoms with Gasteiger partial charge in [0.25, 0.3) is 0 Å². The Morgan fingerprint density at radius 3 is 1.46 bits per heavy atom. The summed E-state index contributed by atoms with van der Waals surface area (Å²) in [7, 11) is -4.39. The van der Waals surface area contributed by atoms with Gasteiger partial charge in [-0.05, 0) is 89.9 Å². The third kappa shape index (κ3) is 42.6. The number of ether oxygens (including phenoxy) is 2. The van der Waals surface area contributed by atoms with Crippen LogP contribution in [0, 0.1) is 0 Å². The van der Waals surface area contributed by atoms with E-state index in [0.717, 1.165) is 83.5 Å². The van der Waals surface area contributed by atoms with Crippen molar-refractivity contribution in [2.24, 2.45) is 5.73 Å². The topological polar surface area (TPSA) is 134 Å². The molecule has 0 aliphatic rings. The first-order valence-electron chi connectivity index (χ1n) is 22.1. The molecule has 326 valence electrons. The molecule has 0 aromatic rings. The largest absolute Gasteiger partial charge is 0.472 e. The average molecular weight is 818 g/mol. The van der Waals surface area contributed by atoms with Crippen molar-refractivity contribution in [2.75, 3.05) is 26.4 Å². The van der Waals surface area contributed by atoms with Crippen molar-refractivity contribution in [1.82, 2.24) is 0 Å². The highest BCUT2D eigenvalue weighted by molar-refractivity contribution is 7.47. The molecule has 3 N–H and O–H groups in total. The van der Waals surface area contributed by atoms with Crippen LogP contribution in [0.3, 0.4) is 0 Å². The lowest BCUT2D eigenvalue weighted by molar-refractivity contribution is -0.161. The zero-order valence-electron chi connectivity index (χ0n) is 35.8. The van der Waals surface area contributed by atoms with Gasteiger partial charge in [-0.15, -0.1) is 0 Å². The van der Waals surface area contributed by atoms with Crippen molar-refractivity contribution in [2.45, 2.75) is 174 Å². The van der Waals surface area contributed by atoms with Crippen LogP contribution in [0.15, 0.2) is 85.1 Å². The highest BCUT2D eigenvalue weighted by Gasteiger charge is 2.26. The molecule has 0 aliphatic carbocycles. The lowest BCUT2D eigenvalue weighted by Gasteiger charge is -2.19. The van der Waals surface area contributed by atoms with Gasteiger partial charge in [-0.3, -0.25) is 18.6 Å². The standard InChI is InChI=1S/C47H80NO8P/c1-3-5-7-9-11-13-15-17-19-21-22-24-25-27-29-31-33-35-37-39-46(49)53-43-45(44-55-57(51,52)54-42-41-48)56-47(50)40-38-36-34-32-30-28-26-23-20-18-16-14-12-10-8-6-4-2/h5,7,11-14,17-20,22,24,27,29,45H,3-4,6,8-10,15-16,21,23,25-26,28,30-44,48H2,1-2H3,(H,51,52)/b7-5-,13-11-,14-12-,19-17-,20-18-,24-22-,29-27-/t45-/m1/s1. The summed E-state index contributed by atoms with van der Waals surface area (Å²) in [5.74, 6) is -0.883. The number of allylic oxidation sites excluding steroid dienone is 14. The average Bonchev–Trinajstić information content (AvgIpc) is 3.20. The summed E-state index contributed by atoms with van der Waals surface area (Å²) < 4.78 is 32.8. The van der Waals surface area contributed by atoms with Crippen LogP contribution in [0.1, 0.15) is 168 Å². The Balaban J connectivity index is 4.24. The van der Waals surface area contributed by atoms with E-state index in [1.165, 1.54) is 44.9 Å². The second-order valence-electron chi connectivity index (χ2n) is 14.2. The van der Waals surface area contributed by atoms with Gasteiger partial charge in [0.05, 0.1) is 13.2 Å². The van der Waals surface area contributed by atoms with Gasteiger partial charge in [0.1, 0.15) is 6.61 Å². The first kappa shape index (κ1) is 54.2. The summed E-state index contributed by atoms with van der Waals surface area (Å²) in [6.45, 7) is 3.53. The second kappa shape index (κ2) is 42.8. The Bertz CT molecular complexity index is 1210. The van der Waals surface area contributed by atoms with Gasteiger partial charge in [-0.1, -0.05) is 150 Å². The molecule has 1 unspecified atom stereocenters. The molecule has 0 radical (unpaired) electrons. The van der Waals surface area contributed by atoms with Crippen LogP contribution >= 0.6 is 7.82 Å². The monoisotopic (exact) mass is 818 g/mol. The Kier molecular flexibility index (Phi) is 40.7. The molecule has 0 aromatic heterocycles. The van der Waals surface area contributed by atoms with Gasteiger partial charge in [0, 0.05) is 19.4 Å². The van der Waals surface area contributed by atoms with Crippen LogP contribution in [-0.2, 0) is 32.7 Å².